The van der Waals surface area contributed by atoms with Crippen molar-refractivity contribution in [3.05, 3.63) is 80.1 Å². The van der Waals surface area contributed by atoms with Gasteiger partial charge in [-0.2, -0.15) is 0 Å². The van der Waals surface area contributed by atoms with E-state index in [9.17, 15) is 9.59 Å². The zero-order chi connectivity index (χ0) is 17.7. The smallest absolute Gasteiger partial charge is 0.328 e. The lowest BCUT2D eigenvalue weighted by Crippen LogP contribution is -2.39. The second-order valence-corrected chi connectivity index (χ2v) is 6.25. The molecular weight excluding hydrogens is 304 g/mol. The third-order valence-electron chi connectivity index (χ3n) is 3.95. The Labute approximate surface area is 141 Å². The minimum absolute atomic E-state index is 0.00887. The quantitative estimate of drug-likeness (QED) is 0.765. The molecule has 0 spiro atoms. The Bertz CT molecular complexity index is 817. The molecule has 0 aliphatic heterocycles. The van der Waals surface area contributed by atoms with Gasteiger partial charge in [0.2, 0.25) is 0 Å². The van der Waals surface area contributed by atoms with Gasteiger partial charge in [-0.05, 0) is 17.9 Å². The SMILES string of the molecule is C=C(CCO)Cn1c(=O)[nH]c(Cc2ccccc2)c(C(C)C)c1=O. The zero-order valence-electron chi connectivity index (χ0n) is 14.2. The van der Waals surface area contributed by atoms with E-state index in [1.54, 1.807) is 0 Å². The number of nitrogens with zero attached hydrogens (tertiary/aromatic N) is 1. The Morgan fingerprint density at radius 2 is 1.92 bits per heavy atom. The molecule has 1 heterocycles. The number of nitrogens with one attached hydrogen (secondary N) is 1. The lowest BCUT2D eigenvalue weighted by atomic mass is 9.98. The van der Waals surface area contributed by atoms with Gasteiger partial charge in [0.15, 0.2) is 0 Å². The van der Waals surface area contributed by atoms with Crippen molar-refractivity contribution in [2.45, 2.75) is 39.2 Å². The van der Waals surface area contributed by atoms with Gasteiger partial charge >= 0.3 is 5.69 Å². The highest BCUT2D eigenvalue weighted by atomic mass is 16.3. The molecule has 0 amide bonds. The molecule has 0 bridgehead atoms. The van der Waals surface area contributed by atoms with Crippen LogP contribution in [0.2, 0.25) is 0 Å². The van der Waals surface area contributed by atoms with E-state index >= 15 is 0 Å². The molecule has 1 aromatic heterocycles. The summed E-state index contributed by atoms with van der Waals surface area (Å²) in [6.07, 6.45) is 0.881. The molecule has 0 saturated carbocycles. The summed E-state index contributed by atoms with van der Waals surface area (Å²) in [7, 11) is 0. The number of aliphatic hydroxyl groups is 1. The molecule has 1 aromatic carbocycles. The lowest BCUT2D eigenvalue weighted by Gasteiger charge is -2.15. The maximum atomic E-state index is 12.8. The molecule has 128 valence electrons. The number of hydrogen-bond acceptors (Lipinski definition) is 3. The molecule has 2 N–H and O–H groups in total. The van der Waals surface area contributed by atoms with Crippen LogP contribution in [0.25, 0.3) is 0 Å². The summed E-state index contributed by atoms with van der Waals surface area (Å²) in [5, 5.41) is 8.97. The topological polar surface area (TPSA) is 75.1 Å². The van der Waals surface area contributed by atoms with E-state index in [1.165, 1.54) is 4.57 Å². The van der Waals surface area contributed by atoms with Crippen LogP contribution >= 0.6 is 0 Å². The first-order chi connectivity index (χ1) is 11.4. The normalized spacial score (nSPS) is 11.0. The van der Waals surface area contributed by atoms with Crippen LogP contribution in [-0.4, -0.2) is 21.3 Å². The second-order valence-electron chi connectivity index (χ2n) is 6.25. The molecule has 0 aliphatic carbocycles. The molecule has 0 radical (unpaired) electrons. The van der Waals surface area contributed by atoms with Crippen LogP contribution in [0.15, 0.2) is 52.1 Å². The van der Waals surface area contributed by atoms with Crippen LogP contribution in [0.1, 0.15) is 43.0 Å². The molecule has 2 aromatic rings. The molecule has 2 rings (SSSR count). The number of rotatable bonds is 7. The lowest BCUT2D eigenvalue weighted by molar-refractivity contribution is 0.297. The van der Waals surface area contributed by atoms with E-state index in [0.29, 0.717) is 29.7 Å². The average molecular weight is 328 g/mol. The highest BCUT2D eigenvalue weighted by Gasteiger charge is 2.17. The first-order valence-corrected chi connectivity index (χ1v) is 8.11. The van der Waals surface area contributed by atoms with Gasteiger partial charge in [-0.1, -0.05) is 56.3 Å². The number of aromatic nitrogens is 2. The molecule has 0 unspecified atom stereocenters. The average Bonchev–Trinajstić information content (AvgIpc) is 2.52. The maximum absolute atomic E-state index is 12.8. The first-order valence-electron chi connectivity index (χ1n) is 8.11. The molecule has 5 heteroatoms. The number of aliphatic hydroxyl groups excluding tert-OH is 1. The van der Waals surface area contributed by atoms with Gasteiger partial charge in [0, 0.05) is 24.3 Å². The van der Waals surface area contributed by atoms with Crippen molar-refractivity contribution < 1.29 is 5.11 Å². The number of aromatic amines is 1. The van der Waals surface area contributed by atoms with Gasteiger partial charge in [-0.15, -0.1) is 0 Å². The first kappa shape index (κ1) is 17.9. The van der Waals surface area contributed by atoms with E-state index in [4.69, 9.17) is 5.11 Å². The van der Waals surface area contributed by atoms with E-state index in [0.717, 1.165) is 5.56 Å². The highest BCUT2D eigenvalue weighted by molar-refractivity contribution is 5.28. The van der Waals surface area contributed by atoms with Crippen molar-refractivity contribution in [1.29, 1.82) is 0 Å². The molecule has 0 atom stereocenters. The van der Waals surface area contributed by atoms with Crippen LogP contribution in [-0.2, 0) is 13.0 Å². The van der Waals surface area contributed by atoms with Crippen LogP contribution in [0.5, 0.6) is 0 Å². The Morgan fingerprint density at radius 1 is 1.25 bits per heavy atom. The summed E-state index contributed by atoms with van der Waals surface area (Å²) in [4.78, 5) is 28.1. The van der Waals surface area contributed by atoms with Crippen molar-refractivity contribution in [3.63, 3.8) is 0 Å². The van der Waals surface area contributed by atoms with Crippen molar-refractivity contribution in [1.82, 2.24) is 9.55 Å². The van der Waals surface area contributed by atoms with E-state index in [-0.39, 0.29) is 24.6 Å². The van der Waals surface area contributed by atoms with Crippen LogP contribution in [0, 0.1) is 0 Å². The number of benzene rings is 1. The van der Waals surface area contributed by atoms with E-state index < -0.39 is 5.69 Å². The summed E-state index contributed by atoms with van der Waals surface area (Å²) in [5.74, 6) is -0.00887. The zero-order valence-corrected chi connectivity index (χ0v) is 14.2. The predicted molar refractivity (Wildman–Crippen MR) is 95.5 cm³/mol. The summed E-state index contributed by atoms with van der Waals surface area (Å²) in [6, 6.07) is 9.74. The Kier molecular flexibility index (Phi) is 5.93. The van der Waals surface area contributed by atoms with Gasteiger partial charge in [-0.25, -0.2) is 4.79 Å². The largest absolute Gasteiger partial charge is 0.396 e. The van der Waals surface area contributed by atoms with Crippen molar-refractivity contribution >= 4 is 0 Å². The van der Waals surface area contributed by atoms with Crippen molar-refractivity contribution in [2.24, 2.45) is 0 Å². The Morgan fingerprint density at radius 3 is 2.50 bits per heavy atom. The second kappa shape index (κ2) is 7.93. The van der Waals surface area contributed by atoms with E-state index in [2.05, 4.69) is 11.6 Å². The van der Waals surface area contributed by atoms with Crippen molar-refractivity contribution in [2.75, 3.05) is 6.61 Å². The van der Waals surface area contributed by atoms with Crippen LogP contribution in [0.3, 0.4) is 0 Å². The van der Waals surface area contributed by atoms with Gasteiger partial charge < -0.3 is 10.1 Å². The molecule has 24 heavy (non-hydrogen) atoms. The Hall–Kier alpha value is -2.40. The Balaban J connectivity index is 2.48. The van der Waals surface area contributed by atoms with Gasteiger partial charge in [-0.3, -0.25) is 9.36 Å². The standard InChI is InChI=1S/C19H24N2O3/c1-13(2)17-16(11-15-7-5-4-6-8-15)20-19(24)21(18(17)23)12-14(3)9-10-22/h4-8,13,22H,3,9-12H2,1-2H3,(H,20,24). The molecule has 0 fully saturated rings. The summed E-state index contributed by atoms with van der Waals surface area (Å²) >= 11 is 0. The third kappa shape index (κ3) is 4.11. The monoisotopic (exact) mass is 328 g/mol. The summed E-state index contributed by atoms with van der Waals surface area (Å²) < 4.78 is 1.17. The minimum atomic E-state index is -0.436. The van der Waals surface area contributed by atoms with Gasteiger partial charge in [0.05, 0.1) is 6.54 Å². The highest BCUT2D eigenvalue weighted by Crippen LogP contribution is 2.16. The number of H-pyrrole nitrogens is 1. The van der Waals surface area contributed by atoms with Crippen LogP contribution in [0.4, 0.5) is 0 Å². The molecule has 5 nitrogen and oxygen atoms in total. The van der Waals surface area contributed by atoms with Gasteiger partial charge in [0.1, 0.15) is 0 Å². The van der Waals surface area contributed by atoms with Crippen molar-refractivity contribution in [3.8, 4) is 0 Å². The maximum Gasteiger partial charge on any atom is 0.328 e. The minimum Gasteiger partial charge on any atom is -0.396 e. The van der Waals surface area contributed by atoms with Gasteiger partial charge in [0.25, 0.3) is 5.56 Å². The summed E-state index contributed by atoms with van der Waals surface area (Å²) in [5.41, 5.74) is 2.26. The fraction of sp³-hybridized carbons (Fsp3) is 0.368. The predicted octanol–water partition coefficient (Wildman–Crippen LogP) is 2.19. The van der Waals surface area contributed by atoms with Crippen LogP contribution < -0.4 is 11.2 Å². The summed E-state index contributed by atoms with van der Waals surface area (Å²) in [6.45, 7) is 7.77. The fourth-order valence-electron chi connectivity index (χ4n) is 2.77. The molecule has 0 aliphatic rings. The fourth-order valence-corrected chi connectivity index (χ4v) is 2.77. The number of hydrogen-bond donors (Lipinski definition) is 2. The molecule has 0 saturated heterocycles. The van der Waals surface area contributed by atoms with E-state index in [1.807, 2.05) is 44.2 Å². The molecular formula is C19H24N2O3. The third-order valence-corrected chi connectivity index (χ3v) is 3.95.